The number of hydrogen-bond donors (Lipinski definition) is 0. The molecule has 3 aliphatic rings. The van der Waals surface area contributed by atoms with Gasteiger partial charge in [-0.15, -0.1) is 0 Å². The molecule has 6 heteroatoms. The highest BCUT2D eigenvalue weighted by Gasteiger charge is 2.44. The third kappa shape index (κ3) is 5.77. The Kier molecular flexibility index (Phi) is 9.27. The van der Waals surface area contributed by atoms with Crippen LogP contribution in [0.25, 0.3) is 11.6 Å². The lowest BCUT2D eigenvalue weighted by atomic mass is 9.80. The van der Waals surface area contributed by atoms with E-state index in [1.165, 1.54) is 11.1 Å². The maximum atomic E-state index is 13.5. The molecule has 2 aliphatic heterocycles. The Morgan fingerprint density at radius 3 is 1.86 bits per heavy atom. The number of unbranched alkanes of at least 4 members (excludes halogenated alkanes) is 2. The van der Waals surface area contributed by atoms with E-state index in [-0.39, 0.29) is 54.8 Å². The SMILES string of the molecule is CCCCN1/C(=C\C2=C([O-])C(=c3ccc(=c4ccc(=c5c(=O)c(=CC6=[N+](CCCC)c7ccccc7C6(C)C)c5=O)cc4)cc3)C2=O)C(C)(C)c2ccccc21. The van der Waals surface area contributed by atoms with Gasteiger partial charge in [-0.2, -0.15) is 4.58 Å². The van der Waals surface area contributed by atoms with E-state index in [9.17, 15) is 19.5 Å². The molecular formula is C50H48N2O4. The van der Waals surface area contributed by atoms with Crippen molar-refractivity contribution >= 4 is 34.5 Å². The summed E-state index contributed by atoms with van der Waals surface area (Å²) in [5.41, 5.74) is 5.96. The van der Waals surface area contributed by atoms with Crippen LogP contribution in [0.3, 0.4) is 0 Å². The zero-order valence-electron chi connectivity index (χ0n) is 33.2. The van der Waals surface area contributed by atoms with Crippen LogP contribution in [-0.2, 0) is 15.6 Å². The van der Waals surface area contributed by atoms with Crippen LogP contribution in [0, 0.1) is 20.9 Å². The summed E-state index contributed by atoms with van der Waals surface area (Å²) in [5, 5.41) is 17.0. The van der Waals surface area contributed by atoms with Crippen LogP contribution < -0.4 is 31.3 Å². The molecule has 0 spiro atoms. The van der Waals surface area contributed by atoms with Crippen molar-refractivity contribution in [2.75, 3.05) is 18.0 Å². The van der Waals surface area contributed by atoms with E-state index in [2.05, 4.69) is 75.3 Å². The van der Waals surface area contributed by atoms with Gasteiger partial charge >= 0.3 is 0 Å². The predicted octanol–water partition coefficient (Wildman–Crippen LogP) is 6.34. The number of allylic oxidation sites excluding steroid dienone is 4. The largest absolute Gasteiger partial charge is 0.871 e. The van der Waals surface area contributed by atoms with Crippen molar-refractivity contribution in [3.05, 3.63) is 183 Å². The highest BCUT2D eigenvalue weighted by Crippen LogP contribution is 2.49. The Hall–Kier alpha value is -5.88. The first-order chi connectivity index (χ1) is 26.9. The van der Waals surface area contributed by atoms with Gasteiger partial charge in [-0.05, 0) is 58.8 Å². The van der Waals surface area contributed by atoms with Gasteiger partial charge in [-0.1, -0.05) is 131 Å². The molecule has 0 saturated carbocycles. The molecule has 282 valence electrons. The van der Waals surface area contributed by atoms with Crippen molar-refractivity contribution < 1.29 is 14.5 Å². The fourth-order valence-corrected chi connectivity index (χ4v) is 8.86. The molecule has 0 aromatic heterocycles. The van der Waals surface area contributed by atoms with Gasteiger partial charge in [0.05, 0.1) is 15.9 Å². The number of carbonyl (C=O) groups is 1. The lowest BCUT2D eigenvalue weighted by Crippen LogP contribution is -2.51. The molecule has 0 saturated heterocycles. The number of hydrogen-bond acceptors (Lipinski definition) is 5. The molecule has 56 heavy (non-hydrogen) atoms. The molecule has 0 bridgehead atoms. The van der Waals surface area contributed by atoms with Gasteiger partial charge in [-0.25, -0.2) is 0 Å². The lowest BCUT2D eigenvalue weighted by Gasteiger charge is -2.32. The number of Topliss-reactive ketones (excluding diaryl/α,β-unsaturated/α-hetero) is 1. The molecule has 0 fully saturated rings. The van der Waals surface area contributed by atoms with Gasteiger partial charge in [0.25, 0.3) is 0 Å². The molecular weight excluding hydrogens is 693 g/mol. The van der Waals surface area contributed by atoms with E-state index >= 15 is 0 Å². The minimum absolute atomic E-state index is 0.214. The lowest BCUT2D eigenvalue weighted by molar-refractivity contribution is -0.437. The van der Waals surface area contributed by atoms with E-state index in [1.807, 2.05) is 84.9 Å². The van der Waals surface area contributed by atoms with Crippen LogP contribution in [0.2, 0.25) is 0 Å². The Morgan fingerprint density at radius 2 is 1.23 bits per heavy atom. The van der Waals surface area contributed by atoms with Gasteiger partial charge in [0.1, 0.15) is 6.54 Å². The van der Waals surface area contributed by atoms with Crippen LogP contribution in [0.1, 0.15) is 78.4 Å². The summed E-state index contributed by atoms with van der Waals surface area (Å²) in [6, 6.07) is 31.5. The fourth-order valence-electron chi connectivity index (χ4n) is 8.86. The fraction of sp³-hybridized carbons (Fsp3) is 0.280. The van der Waals surface area contributed by atoms with Gasteiger partial charge in [-0.3, -0.25) is 14.4 Å². The Bertz CT molecular complexity index is 2890. The van der Waals surface area contributed by atoms with Gasteiger partial charge in [0, 0.05) is 58.6 Å². The van der Waals surface area contributed by atoms with Crippen molar-refractivity contribution in [1.29, 1.82) is 0 Å². The second kappa shape index (κ2) is 14.0. The van der Waals surface area contributed by atoms with Gasteiger partial charge in [0.2, 0.25) is 16.5 Å². The molecule has 6 nitrogen and oxygen atoms in total. The zero-order valence-corrected chi connectivity index (χ0v) is 33.2. The van der Waals surface area contributed by atoms with Crippen molar-refractivity contribution in [3.63, 3.8) is 0 Å². The number of rotatable bonds is 8. The predicted molar refractivity (Wildman–Crippen MR) is 223 cm³/mol. The molecule has 0 N–H and O–H groups in total. The summed E-state index contributed by atoms with van der Waals surface area (Å²) in [4.78, 5) is 42.9. The molecule has 0 amide bonds. The van der Waals surface area contributed by atoms with E-state index in [0.717, 1.165) is 72.0 Å². The molecule has 5 aromatic rings. The number of para-hydroxylation sites is 2. The van der Waals surface area contributed by atoms with Gasteiger partial charge in [0.15, 0.2) is 11.5 Å². The molecule has 5 aromatic carbocycles. The van der Waals surface area contributed by atoms with Crippen LogP contribution >= 0.6 is 0 Å². The molecule has 8 rings (SSSR count). The summed E-state index contributed by atoms with van der Waals surface area (Å²) >= 11 is 0. The van der Waals surface area contributed by atoms with Crippen LogP contribution in [-0.4, -0.2) is 29.2 Å². The first-order valence-electron chi connectivity index (χ1n) is 20.0. The minimum atomic E-state index is -0.337. The van der Waals surface area contributed by atoms with Gasteiger partial charge < -0.3 is 10.0 Å². The van der Waals surface area contributed by atoms with E-state index in [4.69, 9.17) is 0 Å². The third-order valence-electron chi connectivity index (χ3n) is 12.2. The molecule has 0 radical (unpaired) electrons. The highest BCUT2D eigenvalue weighted by molar-refractivity contribution is 6.37. The molecule has 0 unspecified atom stereocenters. The molecule has 0 atom stereocenters. The summed E-state index contributed by atoms with van der Waals surface area (Å²) in [6.07, 6.45) is 7.75. The number of anilines is 1. The number of carbonyl (C=O) groups excluding carboxylic acids is 1. The van der Waals surface area contributed by atoms with Crippen molar-refractivity contribution in [2.24, 2.45) is 0 Å². The van der Waals surface area contributed by atoms with E-state index in [1.54, 1.807) is 0 Å². The first-order valence-corrected chi connectivity index (χ1v) is 20.0. The normalized spacial score (nSPS) is 17.5. The zero-order chi connectivity index (χ0) is 39.5. The van der Waals surface area contributed by atoms with Crippen LogP contribution in [0.5, 0.6) is 0 Å². The monoisotopic (exact) mass is 740 g/mol. The number of nitrogens with zero attached hydrogens (tertiary/aromatic N) is 2. The van der Waals surface area contributed by atoms with Crippen LogP contribution in [0.4, 0.5) is 11.4 Å². The number of benzene rings is 4. The standard InChI is InChI=1S/C50H48N2O4/c1-7-9-27-51-39-17-13-11-15-37(39)49(3,4)41(51)29-35-45(53)43(46(35)54)33-23-19-31(20-24-33)32-21-25-34(26-22-32)44-47(55)36(48(44)56)30-42-50(5,6)38-16-12-14-18-40(38)52(42)28-10-8-2/h11-26,29-30H,7-10,27-28H2,1-6H3/b41-29-. The maximum absolute atomic E-state index is 13.5. The molecule has 2 heterocycles. The average molecular weight is 741 g/mol. The molecule has 1 aliphatic carbocycles. The van der Waals surface area contributed by atoms with Crippen molar-refractivity contribution in [2.45, 2.75) is 78.1 Å². The van der Waals surface area contributed by atoms with Crippen molar-refractivity contribution in [3.8, 4) is 0 Å². The maximum Gasteiger partial charge on any atom is 0.209 e. The average Bonchev–Trinajstić information content (AvgIpc) is 3.55. The summed E-state index contributed by atoms with van der Waals surface area (Å²) < 4.78 is 2.27. The topological polar surface area (TPSA) is 80.5 Å². The summed E-state index contributed by atoms with van der Waals surface area (Å²) in [7, 11) is 0. The summed E-state index contributed by atoms with van der Waals surface area (Å²) in [5.74, 6) is -0.453. The smallest absolute Gasteiger partial charge is 0.209 e. The van der Waals surface area contributed by atoms with E-state index in [0.29, 0.717) is 10.4 Å². The van der Waals surface area contributed by atoms with E-state index < -0.39 is 0 Å². The second-order valence-electron chi connectivity index (χ2n) is 16.4. The van der Waals surface area contributed by atoms with Crippen LogP contribution in [0.15, 0.2) is 130 Å². The highest BCUT2D eigenvalue weighted by atomic mass is 16.3. The minimum Gasteiger partial charge on any atom is -0.871 e. The first kappa shape index (κ1) is 37.1. The second-order valence-corrected chi connectivity index (χ2v) is 16.4. The summed E-state index contributed by atoms with van der Waals surface area (Å²) in [6.45, 7) is 14.6. The Balaban J connectivity index is 1.13. The van der Waals surface area contributed by atoms with Crippen molar-refractivity contribution in [1.82, 2.24) is 0 Å². The third-order valence-corrected chi connectivity index (χ3v) is 12.2. The number of ketones is 1. The Morgan fingerprint density at radius 1 is 0.661 bits per heavy atom. The Labute approximate surface area is 327 Å². The quantitative estimate of drug-likeness (QED) is 0.174. The number of fused-ring (bicyclic) bond motifs is 2.